The fraction of sp³-hybridized carbons (Fsp3) is 0.600. The van der Waals surface area contributed by atoms with Crippen molar-refractivity contribution in [3.63, 3.8) is 0 Å². The monoisotopic (exact) mass is 211 g/mol. The van der Waals surface area contributed by atoms with Crippen LogP contribution in [0.2, 0.25) is 0 Å². The summed E-state index contributed by atoms with van der Waals surface area (Å²) in [6.45, 7) is 3.73. The van der Waals surface area contributed by atoms with Gasteiger partial charge in [-0.2, -0.15) is 0 Å². The number of hydrogen-bond donors (Lipinski definition) is 1. The molecule has 0 aliphatic heterocycles. The van der Waals surface area contributed by atoms with E-state index in [1.165, 1.54) is 0 Å². The third-order valence-corrected chi connectivity index (χ3v) is 1.94. The fourth-order valence-corrected chi connectivity index (χ4v) is 1.12. The third-order valence-electron chi connectivity index (χ3n) is 1.94. The molecule has 0 unspecified atom stereocenters. The van der Waals surface area contributed by atoms with Crippen LogP contribution < -0.4 is 10.1 Å². The first-order valence-electron chi connectivity index (χ1n) is 4.86. The highest BCUT2D eigenvalue weighted by Gasteiger charge is 2.02. The van der Waals surface area contributed by atoms with Gasteiger partial charge in [-0.1, -0.05) is 0 Å². The van der Waals surface area contributed by atoms with Gasteiger partial charge >= 0.3 is 6.01 Å². The van der Waals surface area contributed by atoms with E-state index in [0.29, 0.717) is 19.2 Å². The molecule has 1 heterocycles. The Kier molecular flexibility index (Phi) is 5.00. The number of hydrogen-bond acceptors (Lipinski definition) is 5. The van der Waals surface area contributed by atoms with Gasteiger partial charge in [0, 0.05) is 31.1 Å². The first-order valence-corrected chi connectivity index (χ1v) is 4.86. The summed E-state index contributed by atoms with van der Waals surface area (Å²) in [6, 6.07) is 0.407. The standard InChI is InChI=1S/C10H17N3O2/c1-8-9(6-11-2)7-12-10(13-8)15-5-4-14-3/h7,11H,4-6H2,1-3H3. The molecule has 0 radical (unpaired) electrons. The highest BCUT2D eigenvalue weighted by Crippen LogP contribution is 2.08. The molecule has 15 heavy (non-hydrogen) atoms. The Morgan fingerprint density at radius 2 is 2.20 bits per heavy atom. The van der Waals surface area contributed by atoms with Gasteiger partial charge in [0.2, 0.25) is 0 Å². The van der Waals surface area contributed by atoms with Crippen LogP contribution in [0.5, 0.6) is 6.01 Å². The van der Waals surface area contributed by atoms with Crippen molar-refractivity contribution in [3.8, 4) is 6.01 Å². The van der Waals surface area contributed by atoms with Gasteiger partial charge in [-0.3, -0.25) is 0 Å². The Morgan fingerprint density at radius 1 is 1.40 bits per heavy atom. The summed E-state index contributed by atoms with van der Waals surface area (Å²) in [6.07, 6.45) is 1.78. The topological polar surface area (TPSA) is 56.3 Å². The SMILES string of the molecule is CNCc1cnc(OCCOC)nc1C. The molecular weight excluding hydrogens is 194 g/mol. The van der Waals surface area contributed by atoms with Crippen molar-refractivity contribution in [3.05, 3.63) is 17.5 Å². The summed E-state index contributed by atoms with van der Waals surface area (Å²) in [5, 5.41) is 3.06. The lowest BCUT2D eigenvalue weighted by molar-refractivity contribution is 0.140. The highest BCUT2D eigenvalue weighted by molar-refractivity contribution is 5.17. The van der Waals surface area contributed by atoms with Gasteiger partial charge in [0.1, 0.15) is 6.61 Å². The molecule has 0 aliphatic carbocycles. The zero-order chi connectivity index (χ0) is 11.1. The zero-order valence-electron chi connectivity index (χ0n) is 9.41. The zero-order valence-corrected chi connectivity index (χ0v) is 9.41. The molecule has 0 aliphatic rings. The molecule has 0 atom stereocenters. The average molecular weight is 211 g/mol. The molecule has 0 aromatic carbocycles. The average Bonchev–Trinajstić information content (AvgIpc) is 2.23. The normalized spacial score (nSPS) is 10.3. The predicted octanol–water partition coefficient (Wildman–Crippen LogP) is 0.530. The summed E-state index contributed by atoms with van der Waals surface area (Å²) in [7, 11) is 3.52. The van der Waals surface area contributed by atoms with E-state index >= 15 is 0 Å². The van der Waals surface area contributed by atoms with Gasteiger partial charge in [-0.05, 0) is 14.0 Å². The van der Waals surface area contributed by atoms with Gasteiger partial charge < -0.3 is 14.8 Å². The lowest BCUT2D eigenvalue weighted by Gasteiger charge is -2.07. The quantitative estimate of drug-likeness (QED) is 0.696. The second kappa shape index (κ2) is 6.31. The first-order chi connectivity index (χ1) is 7.27. The lowest BCUT2D eigenvalue weighted by atomic mass is 10.2. The van der Waals surface area contributed by atoms with Crippen LogP contribution in [0.15, 0.2) is 6.20 Å². The maximum absolute atomic E-state index is 5.29. The van der Waals surface area contributed by atoms with Crippen molar-refractivity contribution < 1.29 is 9.47 Å². The highest BCUT2D eigenvalue weighted by atomic mass is 16.5. The van der Waals surface area contributed by atoms with Crippen LogP contribution >= 0.6 is 0 Å². The minimum atomic E-state index is 0.407. The van der Waals surface area contributed by atoms with Crippen LogP contribution in [-0.4, -0.2) is 37.3 Å². The van der Waals surface area contributed by atoms with E-state index < -0.39 is 0 Å². The van der Waals surface area contributed by atoms with Crippen molar-refractivity contribution in [2.24, 2.45) is 0 Å². The minimum absolute atomic E-state index is 0.407. The Hall–Kier alpha value is -1.20. The van der Waals surface area contributed by atoms with Gasteiger partial charge in [0.25, 0.3) is 0 Å². The van der Waals surface area contributed by atoms with E-state index in [0.717, 1.165) is 17.8 Å². The van der Waals surface area contributed by atoms with Crippen molar-refractivity contribution >= 4 is 0 Å². The molecule has 1 aromatic rings. The Balaban J connectivity index is 2.56. The summed E-state index contributed by atoms with van der Waals surface area (Å²) in [4.78, 5) is 8.34. The van der Waals surface area contributed by atoms with Crippen LogP contribution in [0.25, 0.3) is 0 Å². The largest absolute Gasteiger partial charge is 0.461 e. The van der Waals surface area contributed by atoms with E-state index in [1.54, 1.807) is 13.3 Å². The number of nitrogens with zero attached hydrogens (tertiary/aromatic N) is 2. The smallest absolute Gasteiger partial charge is 0.316 e. The predicted molar refractivity (Wildman–Crippen MR) is 56.9 cm³/mol. The Morgan fingerprint density at radius 3 is 2.80 bits per heavy atom. The minimum Gasteiger partial charge on any atom is -0.461 e. The second-order valence-electron chi connectivity index (χ2n) is 3.13. The maximum Gasteiger partial charge on any atom is 0.316 e. The van der Waals surface area contributed by atoms with Crippen molar-refractivity contribution in [1.29, 1.82) is 0 Å². The van der Waals surface area contributed by atoms with Gasteiger partial charge in [0.15, 0.2) is 0 Å². The number of methoxy groups -OCH3 is 1. The van der Waals surface area contributed by atoms with Gasteiger partial charge in [-0.15, -0.1) is 0 Å². The van der Waals surface area contributed by atoms with Crippen LogP contribution in [0.3, 0.4) is 0 Å². The summed E-state index contributed by atoms with van der Waals surface area (Å²) in [5.41, 5.74) is 2.02. The molecule has 1 N–H and O–H groups in total. The molecule has 5 heteroatoms. The number of nitrogens with one attached hydrogen (secondary N) is 1. The molecule has 0 spiro atoms. The molecule has 5 nitrogen and oxygen atoms in total. The second-order valence-corrected chi connectivity index (χ2v) is 3.13. The lowest BCUT2D eigenvalue weighted by Crippen LogP contribution is -2.11. The first kappa shape index (κ1) is 11.9. The molecule has 0 amide bonds. The summed E-state index contributed by atoms with van der Waals surface area (Å²) >= 11 is 0. The maximum atomic E-state index is 5.29. The molecular formula is C10H17N3O2. The number of aryl methyl sites for hydroxylation is 1. The molecule has 0 saturated heterocycles. The molecule has 1 rings (SSSR count). The van der Waals surface area contributed by atoms with E-state index in [9.17, 15) is 0 Å². The van der Waals surface area contributed by atoms with Crippen molar-refractivity contribution in [1.82, 2.24) is 15.3 Å². The Labute approximate surface area is 89.8 Å². The third kappa shape index (κ3) is 3.81. The van der Waals surface area contributed by atoms with E-state index in [4.69, 9.17) is 9.47 Å². The van der Waals surface area contributed by atoms with Crippen molar-refractivity contribution in [2.75, 3.05) is 27.4 Å². The molecule has 0 saturated carbocycles. The Bertz CT molecular complexity index is 305. The van der Waals surface area contributed by atoms with E-state index in [1.807, 2.05) is 14.0 Å². The van der Waals surface area contributed by atoms with Crippen molar-refractivity contribution in [2.45, 2.75) is 13.5 Å². The van der Waals surface area contributed by atoms with Crippen LogP contribution in [0, 0.1) is 6.92 Å². The summed E-state index contributed by atoms with van der Waals surface area (Å²) in [5.74, 6) is 0. The van der Waals surface area contributed by atoms with E-state index in [-0.39, 0.29) is 0 Å². The van der Waals surface area contributed by atoms with Gasteiger partial charge in [0.05, 0.1) is 6.61 Å². The molecule has 0 fully saturated rings. The molecule has 1 aromatic heterocycles. The van der Waals surface area contributed by atoms with Gasteiger partial charge in [-0.25, -0.2) is 9.97 Å². The molecule has 0 bridgehead atoms. The number of rotatable bonds is 6. The van der Waals surface area contributed by atoms with Crippen LogP contribution in [-0.2, 0) is 11.3 Å². The summed E-state index contributed by atoms with van der Waals surface area (Å²) < 4.78 is 10.2. The van der Waals surface area contributed by atoms with Crippen LogP contribution in [0.1, 0.15) is 11.3 Å². The van der Waals surface area contributed by atoms with E-state index in [2.05, 4.69) is 15.3 Å². The number of aromatic nitrogens is 2. The fourth-order valence-electron chi connectivity index (χ4n) is 1.12. The molecule has 84 valence electrons. The number of ether oxygens (including phenoxy) is 2. The van der Waals surface area contributed by atoms with Crippen LogP contribution in [0.4, 0.5) is 0 Å².